The monoisotopic (exact) mass is 506 g/mol. The Balaban J connectivity index is 1.74. The second-order valence-electron chi connectivity index (χ2n) is 9.67. The summed E-state index contributed by atoms with van der Waals surface area (Å²) in [6, 6.07) is 9.02. The Morgan fingerprint density at radius 3 is 2.59 bits per heavy atom. The topological polar surface area (TPSA) is 128 Å². The van der Waals surface area contributed by atoms with Gasteiger partial charge in [-0.2, -0.15) is 0 Å². The van der Waals surface area contributed by atoms with E-state index >= 15 is 0 Å². The third-order valence-electron chi connectivity index (χ3n) is 6.64. The standard InChI is InChI=1S/C28H34N4O5/c1-5-29-28(36)26-25(27(37-31-26)22-13-21(16(2)3)23(34)14-24(22)35)19-6-7-20-15-32(10-8-18(20)12-19)11-9-30-17(4)33/h6-7,12-14,16,34-35H,5,8-11,15H2,1-4H3,(H,29,36)(H,30,33). The van der Waals surface area contributed by atoms with E-state index in [4.69, 9.17) is 4.52 Å². The zero-order valence-corrected chi connectivity index (χ0v) is 21.7. The number of nitrogens with zero attached hydrogens (tertiary/aromatic N) is 2. The van der Waals surface area contributed by atoms with Crippen molar-refractivity contribution >= 4 is 11.8 Å². The maximum atomic E-state index is 12.9. The largest absolute Gasteiger partial charge is 0.508 e. The second-order valence-corrected chi connectivity index (χ2v) is 9.67. The second kappa shape index (κ2) is 11.0. The quantitative estimate of drug-likeness (QED) is 0.366. The van der Waals surface area contributed by atoms with Crippen molar-refractivity contribution < 1.29 is 24.3 Å². The number of carbonyl (C=O) groups is 2. The lowest BCUT2D eigenvalue weighted by Gasteiger charge is -2.29. The molecule has 9 nitrogen and oxygen atoms in total. The summed E-state index contributed by atoms with van der Waals surface area (Å²) < 4.78 is 5.69. The first-order valence-electron chi connectivity index (χ1n) is 12.6. The van der Waals surface area contributed by atoms with Crippen molar-refractivity contribution in [3.05, 3.63) is 52.7 Å². The van der Waals surface area contributed by atoms with Gasteiger partial charge in [0.05, 0.1) is 11.1 Å². The molecule has 0 saturated carbocycles. The summed E-state index contributed by atoms with van der Waals surface area (Å²) in [5, 5.41) is 30.8. The van der Waals surface area contributed by atoms with Crippen LogP contribution in [0, 0.1) is 0 Å². The van der Waals surface area contributed by atoms with Crippen molar-refractivity contribution in [3.8, 4) is 33.9 Å². The number of nitrogens with one attached hydrogen (secondary N) is 2. The molecule has 0 radical (unpaired) electrons. The lowest BCUT2D eigenvalue weighted by molar-refractivity contribution is -0.119. The fourth-order valence-electron chi connectivity index (χ4n) is 4.73. The minimum atomic E-state index is -0.364. The van der Waals surface area contributed by atoms with E-state index in [-0.39, 0.29) is 40.7 Å². The van der Waals surface area contributed by atoms with Crippen LogP contribution >= 0.6 is 0 Å². The van der Waals surface area contributed by atoms with Gasteiger partial charge in [0.2, 0.25) is 5.91 Å². The molecule has 0 bridgehead atoms. The molecular weight excluding hydrogens is 472 g/mol. The van der Waals surface area contributed by atoms with Crippen LogP contribution in [0.1, 0.15) is 60.8 Å². The van der Waals surface area contributed by atoms with Crippen LogP contribution in [0.4, 0.5) is 0 Å². The maximum absolute atomic E-state index is 12.9. The molecule has 0 unspecified atom stereocenters. The van der Waals surface area contributed by atoms with Crippen molar-refractivity contribution in [1.82, 2.24) is 20.7 Å². The molecule has 4 rings (SSSR count). The van der Waals surface area contributed by atoms with Gasteiger partial charge in [0, 0.05) is 45.7 Å². The smallest absolute Gasteiger partial charge is 0.274 e. The van der Waals surface area contributed by atoms with Crippen LogP contribution in [0.25, 0.3) is 22.5 Å². The molecule has 0 aliphatic carbocycles. The van der Waals surface area contributed by atoms with E-state index in [9.17, 15) is 19.8 Å². The lowest BCUT2D eigenvalue weighted by Crippen LogP contribution is -2.37. The fraction of sp³-hybridized carbons (Fsp3) is 0.393. The number of phenolic OH excluding ortho intramolecular Hbond substituents is 2. The molecule has 1 aliphatic rings. The van der Waals surface area contributed by atoms with Gasteiger partial charge in [0.25, 0.3) is 5.91 Å². The molecule has 0 fully saturated rings. The van der Waals surface area contributed by atoms with E-state index in [0.717, 1.165) is 31.6 Å². The minimum Gasteiger partial charge on any atom is -0.508 e. The Labute approximate surface area is 216 Å². The van der Waals surface area contributed by atoms with Crippen molar-refractivity contribution in [3.63, 3.8) is 0 Å². The molecule has 2 aromatic carbocycles. The lowest BCUT2D eigenvalue weighted by atomic mass is 9.91. The highest BCUT2D eigenvalue weighted by Gasteiger charge is 2.28. The molecule has 196 valence electrons. The number of phenols is 2. The van der Waals surface area contributed by atoms with Gasteiger partial charge in [-0.05, 0) is 47.6 Å². The molecule has 0 saturated heterocycles. The predicted molar refractivity (Wildman–Crippen MR) is 140 cm³/mol. The molecule has 0 spiro atoms. The highest BCUT2D eigenvalue weighted by atomic mass is 16.5. The summed E-state index contributed by atoms with van der Waals surface area (Å²) in [6.07, 6.45) is 0.822. The first-order chi connectivity index (χ1) is 17.7. The summed E-state index contributed by atoms with van der Waals surface area (Å²) in [6.45, 7) is 10.7. The summed E-state index contributed by atoms with van der Waals surface area (Å²) in [7, 11) is 0. The molecule has 37 heavy (non-hydrogen) atoms. The Morgan fingerprint density at radius 2 is 1.89 bits per heavy atom. The summed E-state index contributed by atoms with van der Waals surface area (Å²) in [4.78, 5) is 26.4. The first-order valence-corrected chi connectivity index (χ1v) is 12.6. The van der Waals surface area contributed by atoms with Crippen LogP contribution in [0.2, 0.25) is 0 Å². The highest BCUT2D eigenvalue weighted by molar-refractivity contribution is 6.02. The Bertz CT molecular complexity index is 1310. The number of rotatable bonds is 8. The van der Waals surface area contributed by atoms with Crippen LogP contribution in [-0.2, 0) is 17.8 Å². The molecule has 2 heterocycles. The zero-order valence-electron chi connectivity index (χ0n) is 21.7. The van der Waals surface area contributed by atoms with Gasteiger partial charge in [-0.3, -0.25) is 14.5 Å². The average Bonchev–Trinajstić information content (AvgIpc) is 3.28. The van der Waals surface area contributed by atoms with Crippen LogP contribution < -0.4 is 10.6 Å². The minimum absolute atomic E-state index is 0.00176. The summed E-state index contributed by atoms with van der Waals surface area (Å²) >= 11 is 0. The van der Waals surface area contributed by atoms with Crippen molar-refractivity contribution in [2.24, 2.45) is 0 Å². The molecule has 4 N–H and O–H groups in total. The number of hydrogen-bond acceptors (Lipinski definition) is 7. The number of amides is 2. The van der Waals surface area contributed by atoms with E-state index in [1.54, 1.807) is 6.07 Å². The molecule has 1 aliphatic heterocycles. The van der Waals surface area contributed by atoms with Gasteiger partial charge in [0.15, 0.2) is 11.5 Å². The Morgan fingerprint density at radius 1 is 1.11 bits per heavy atom. The molecule has 0 atom stereocenters. The summed E-state index contributed by atoms with van der Waals surface area (Å²) in [5.74, 6) is -0.279. The average molecular weight is 507 g/mol. The number of hydrogen-bond donors (Lipinski definition) is 4. The third-order valence-corrected chi connectivity index (χ3v) is 6.64. The van der Waals surface area contributed by atoms with E-state index < -0.39 is 0 Å². The normalized spacial score (nSPS) is 13.4. The van der Waals surface area contributed by atoms with E-state index in [2.05, 4.69) is 26.8 Å². The number of benzene rings is 2. The fourth-order valence-corrected chi connectivity index (χ4v) is 4.73. The van der Waals surface area contributed by atoms with Crippen molar-refractivity contribution in [1.29, 1.82) is 0 Å². The molecule has 3 aromatic rings. The number of aromatic hydroxyl groups is 2. The zero-order chi connectivity index (χ0) is 26.7. The third kappa shape index (κ3) is 5.61. The van der Waals surface area contributed by atoms with Gasteiger partial charge < -0.3 is 25.4 Å². The SMILES string of the molecule is CCNC(=O)c1noc(-c2cc(C(C)C)c(O)cc2O)c1-c1ccc2c(c1)CCN(CCNC(C)=O)C2. The first kappa shape index (κ1) is 26.2. The van der Waals surface area contributed by atoms with Gasteiger partial charge in [-0.1, -0.05) is 37.2 Å². The predicted octanol–water partition coefficient (Wildman–Crippen LogP) is 3.79. The molecule has 1 aromatic heterocycles. The van der Waals surface area contributed by atoms with Gasteiger partial charge in [-0.15, -0.1) is 0 Å². The van der Waals surface area contributed by atoms with E-state index in [0.29, 0.717) is 29.8 Å². The Kier molecular flexibility index (Phi) is 7.83. The van der Waals surface area contributed by atoms with Gasteiger partial charge >= 0.3 is 0 Å². The van der Waals surface area contributed by atoms with Crippen LogP contribution in [0.5, 0.6) is 11.5 Å². The molecular formula is C28H34N4O5. The van der Waals surface area contributed by atoms with Crippen LogP contribution in [-0.4, -0.2) is 58.3 Å². The van der Waals surface area contributed by atoms with Crippen LogP contribution in [0.3, 0.4) is 0 Å². The number of carbonyl (C=O) groups excluding carboxylic acids is 2. The molecule has 9 heteroatoms. The maximum Gasteiger partial charge on any atom is 0.274 e. The highest BCUT2D eigenvalue weighted by Crippen LogP contribution is 2.43. The van der Waals surface area contributed by atoms with E-state index in [1.807, 2.05) is 32.9 Å². The number of aromatic nitrogens is 1. The van der Waals surface area contributed by atoms with Crippen molar-refractivity contribution in [2.45, 2.75) is 46.6 Å². The molecule has 2 amide bonds. The van der Waals surface area contributed by atoms with E-state index in [1.165, 1.54) is 24.1 Å². The van der Waals surface area contributed by atoms with Gasteiger partial charge in [-0.25, -0.2) is 0 Å². The van der Waals surface area contributed by atoms with Crippen molar-refractivity contribution in [2.75, 3.05) is 26.2 Å². The van der Waals surface area contributed by atoms with Gasteiger partial charge in [0.1, 0.15) is 11.5 Å². The number of fused-ring (bicyclic) bond motifs is 1. The Hall–Kier alpha value is -3.85. The van der Waals surface area contributed by atoms with Crippen LogP contribution in [0.15, 0.2) is 34.9 Å². The summed E-state index contributed by atoms with van der Waals surface area (Å²) in [5.41, 5.74) is 4.77.